The van der Waals surface area contributed by atoms with Crippen molar-refractivity contribution in [2.75, 3.05) is 0 Å². The van der Waals surface area contributed by atoms with E-state index in [4.69, 9.17) is 0 Å². The van der Waals surface area contributed by atoms with Crippen LogP contribution in [0.5, 0.6) is 0 Å². The summed E-state index contributed by atoms with van der Waals surface area (Å²) in [5.41, 5.74) is 1.89. The van der Waals surface area contributed by atoms with Crippen molar-refractivity contribution in [2.24, 2.45) is 0 Å². The van der Waals surface area contributed by atoms with Crippen LogP contribution in [0.3, 0.4) is 0 Å². The van der Waals surface area contributed by atoms with Crippen LogP contribution in [-0.4, -0.2) is 9.13 Å². The Morgan fingerprint density at radius 1 is 1.18 bits per heavy atom. The average molecular weight is 296 g/mol. The van der Waals surface area contributed by atoms with Crippen LogP contribution in [0, 0.1) is 0 Å². The van der Waals surface area contributed by atoms with Gasteiger partial charge in [0.15, 0.2) is 0 Å². The fourth-order valence-electron chi connectivity index (χ4n) is 2.35. The van der Waals surface area contributed by atoms with Crippen LogP contribution in [0.15, 0.2) is 70.8 Å². The molecule has 0 saturated heterocycles. The fourth-order valence-corrected chi connectivity index (χ4v) is 2.35. The van der Waals surface area contributed by atoms with Gasteiger partial charge in [0.25, 0.3) is 5.56 Å². The van der Waals surface area contributed by atoms with E-state index in [0.717, 1.165) is 11.1 Å². The van der Waals surface area contributed by atoms with Gasteiger partial charge in [0.1, 0.15) is 0 Å². The number of hydrogen-bond donors (Lipinski definition) is 0. The first-order chi connectivity index (χ1) is 10.5. The predicted octanol–water partition coefficient (Wildman–Crippen LogP) is 2.36. The van der Waals surface area contributed by atoms with Crippen molar-refractivity contribution < 1.29 is 0 Å². The zero-order valence-electron chi connectivity index (χ0n) is 12.8. The normalized spacial score (nSPS) is 10.4. The Balaban J connectivity index is 2.54. The maximum Gasteiger partial charge on any atom is 0.331 e. The first-order valence-electron chi connectivity index (χ1n) is 7.15. The molecule has 0 unspecified atom stereocenters. The molecule has 0 aliphatic heterocycles. The Bertz CT molecular complexity index is 798. The summed E-state index contributed by atoms with van der Waals surface area (Å²) in [5.74, 6) is 0. The Hall–Kier alpha value is -2.62. The zero-order chi connectivity index (χ0) is 16.1. The van der Waals surface area contributed by atoms with Crippen molar-refractivity contribution in [3.63, 3.8) is 0 Å². The number of nitrogens with zero attached hydrogens (tertiary/aromatic N) is 2. The van der Waals surface area contributed by atoms with Gasteiger partial charge < -0.3 is 0 Å². The Labute approximate surface area is 129 Å². The molecular weight excluding hydrogens is 276 g/mol. The van der Waals surface area contributed by atoms with Crippen LogP contribution in [0.4, 0.5) is 0 Å². The van der Waals surface area contributed by atoms with E-state index in [-0.39, 0.29) is 17.8 Å². The van der Waals surface area contributed by atoms with Gasteiger partial charge in [-0.2, -0.15) is 0 Å². The molecule has 0 bridgehead atoms. The Morgan fingerprint density at radius 3 is 2.45 bits per heavy atom. The monoisotopic (exact) mass is 296 g/mol. The second-order valence-corrected chi connectivity index (χ2v) is 5.36. The number of aromatic nitrogens is 2. The summed E-state index contributed by atoms with van der Waals surface area (Å²) in [5, 5.41) is 0. The summed E-state index contributed by atoms with van der Waals surface area (Å²) in [4.78, 5) is 24.9. The lowest BCUT2D eigenvalue weighted by Crippen LogP contribution is -2.41. The van der Waals surface area contributed by atoms with Crippen molar-refractivity contribution in [3.05, 3.63) is 93.3 Å². The van der Waals surface area contributed by atoms with Gasteiger partial charge in [-0.1, -0.05) is 48.6 Å². The fraction of sp³-hybridized carbons (Fsp3) is 0.222. The van der Waals surface area contributed by atoms with E-state index in [0.29, 0.717) is 18.7 Å². The summed E-state index contributed by atoms with van der Waals surface area (Å²) in [6, 6.07) is 11.0. The largest absolute Gasteiger partial charge is 0.331 e. The standard InChI is InChI=1S/C18H20N2O2/c1-4-10-19-16(11-14(2)3)12-17(21)20(18(19)22)13-15-8-6-5-7-9-15/h4-9,12H,1-2,10-11,13H2,3H3. The summed E-state index contributed by atoms with van der Waals surface area (Å²) in [6.07, 6.45) is 2.16. The van der Waals surface area contributed by atoms with E-state index in [9.17, 15) is 9.59 Å². The summed E-state index contributed by atoms with van der Waals surface area (Å²) in [7, 11) is 0. The first-order valence-corrected chi connectivity index (χ1v) is 7.15. The highest BCUT2D eigenvalue weighted by molar-refractivity contribution is 5.16. The minimum atomic E-state index is -0.312. The maximum absolute atomic E-state index is 12.6. The summed E-state index contributed by atoms with van der Waals surface area (Å²) >= 11 is 0. The quantitative estimate of drug-likeness (QED) is 0.768. The lowest BCUT2D eigenvalue weighted by Gasteiger charge is -2.14. The van der Waals surface area contributed by atoms with E-state index >= 15 is 0 Å². The highest BCUT2D eigenvalue weighted by atomic mass is 16.2. The minimum Gasteiger partial charge on any atom is -0.293 e. The van der Waals surface area contributed by atoms with Gasteiger partial charge in [0.2, 0.25) is 0 Å². The molecule has 1 aromatic carbocycles. The Morgan fingerprint density at radius 2 is 1.86 bits per heavy atom. The molecule has 1 aromatic heterocycles. The predicted molar refractivity (Wildman–Crippen MR) is 89.2 cm³/mol. The van der Waals surface area contributed by atoms with E-state index in [1.54, 1.807) is 10.6 Å². The molecule has 0 N–H and O–H groups in total. The third-order valence-electron chi connectivity index (χ3n) is 3.34. The molecule has 0 aliphatic rings. The lowest BCUT2D eigenvalue weighted by atomic mass is 10.1. The van der Waals surface area contributed by atoms with Gasteiger partial charge in [0, 0.05) is 24.7 Å². The van der Waals surface area contributed by atoms with Gasteiger partial charge in [0.05, 0.1) is 6.54 Å². The van der Waals surface area contributed by atoms with Crippen molar-refractivity contribution in [2.45, 2.75) is 26.4 Å². The second kappa shape index (κ2) is 6.89. The molecule has 0 fully saturated rings. The molecule has 2 aromatic rings. The van der Waals surface area contributed by atoms with Gasteiger partial charge in [-0.05, 0) is 12.5 Å². The molecule has 22 heavy (non-hydrogen) atoms. The summed E-state index contributed by atoms with van der Waals surface area (Å²) in [6.45, 7) is 10.0. The van der Waals surface area contributed by atoms with Crippen LogP contribution in [0.1, 0.15) is 18.2 Å². The lowest BCUT2D eigenvalue weighted by molar-refractivity contribution is 0.596. The van der Waals surface area contributed by atoms with Crippen molar-refractivity contribution in [1.29, 1.82) is 0 Å². The average Bonchev–Trinajstić information content (AvgIpc) is 2.48. The molecule has 0 atom stereocenters. The molecular formula is C18H20N2O2. The van der Waals surface area contributed by atoms with E-state index < -0.39 is 0 Å². The molecule has 1 heterocycles. The second-order valence-electron chi connectivity index (χ2n) is 5.36. The minimum absolute atomic E-state index is 0.267. The molecule has 0 spiro atoms. The molecule has 0 aliphatic carbocycles. The maximum atomic E-state index is 12.6. The van der Waals surface area contributed by atoms with E-state index in [1.165, 1.54) is 10.6 Å². The van der Waals surface area contributed by atoms with Gasteiger partial charge in [-0.15, -0.1) is 6.58 Å². The van der Waals surface area contributed by atoms with Crippen molar-refractivity contribution in [3.8, 4) is 0 Å². The SMILES string of the molecule is C=CCn1c(CC(=C)C)cc(=O)n(Cc2ccccc2)c1=O. The van der Waals surface area contributed by atoms with E-state index in [1.807, 2.05) is 37.3 Å². The van der Waals surface area contributed by atoms with Crippen LogP contribution >= 0.6 is 0 Å². The van der Waals surface area contributed by atoms with Gasteiger partial charge >= 0.3 is 5.69 Å². The third-order valence-corrected chi connectivity index (χ3v) is 3.34. The van der Waals surface area contributed by atoms with Gasteiger partial charge in [-0.3, -0.25) is 13.9 Å². The van der Waals surface area contributed by atoms with E-state index in [2.05, 4.69) is 13.2 Å². The topological polar surface area (TPSA) is 44.0 Å². The third kappa shape index (κ3) is 3.52. The highest BCUT2D eigenvalue weighted by Gasteiger charge is 2.11. The highest BCUT2D eigenvalue weighted by Crippen LogP contribution is 2.04. The van der Waals surface area contributed by atoms with Crippen molar-refractivity contribution >= 4 is 0 Å². The molecule has 0 amide bonds. The number of allylic oxidation sites excluding steroid dienone is 2. The first kappa shape index (κ1) is 15.8. The molecule has 4 nitrogen and oxygen atoms in total. The molecule has 0 saturated carbocycles. The van der Waals surface area contributed by atoms with Gasteiger partial charge in [-0.25, -0.2) is 4.79 Å². The number of hydrogen-bond acceptors (Lipinski definition) is 2. The number of benzene rings is 1. The number of rotatable bonds is 6. The van der Waals surface area contributed by atoms with Crippen LogP contribution in [0.25, 0.3) is 0 Å². The molecule has 2 rings (SSSR count). The summed E-state index contributed by atoms with van der Waals surface area (Å²) < 4.78 is 2.83. The Kier molecular flexibility index (Phi) is 4.94. The van der Waals surface area contributed by atoms with Crippen LogP contribution < -0.4 is 11.2 Å². The zero-order valence-corrected chi connectivity index (χ0v) is 12.8. The van der Waals surface area contributed by atoms with Crippen LogP contribution in [-0.2, 0) is 19.5 Å². The molecule has 114 valence electrons. The molecule has 4 heteroatoms. The van der Waals surface area contributed by atoms with Crippen molar-refractivity contribution in [1.82, 2.24) is 9.13 Å². The van der Waals surface area contributed by atoms with Crippen LogP contribution in [0.2, 0.25) is 0 Å². The smallest absolute Gasteiger partial charge is 0.293 e. The molecule has 0 radical (unpaired) electrons.